The van der Waals surface area contributed by atoms with Gasteiger partial charge in [0.05, 0.1) is 25.4 Å². The largest absolute Gasteiger partial charge is 0.495 e. The van der Waals surface area contributed by atoms with Gasteiger partial charge in [-0.05, 0) is 49.2 Å². The molecule has 0 saturated heterocycles. The van der Waals surface area contributed by atoms with Crippen LogP contribution in [-0.2, 0) is 6.54 Å². The van der Waals surface area contributed by atoms with E-state index in [0.717, 1.165) is 22.9 Å². The predicted molar refractivity (Wildman–Crippen MR) is 152 cm³/mol. The molecule has 1 amide bonds. The van der Waals surface area contributed by atoms with E-state index in [0.29, 0.717) is 27.9 Å². The van der Waals surface area contributed by atoms with Crippen molar-refractivity contribution in [2.75, 3.05) is 12.4 Å². The highest BCUT2D eigenvalue weighted by Gasteiger charge is 2.22. The summed E-state index contributed by atoms with van der Waals surface area (Å²) in [6.45, 7) is 2.25. The number of carbonyl (C=O) groups excluding carboxylic acids is 1. The van der Waals surface area contributed by atoms with E-state index in [9.17, 15) is 22.8 Å². The van der Waals surface area contributed by atoms with Crippen molar-refractivity contribution in [3.63, 3.8) is 0 Å². The summed E-state index contributed by atoms with van der Waals surface area (Å²) in [6.07, 6.45) is 1.19. The van der Waals surface area contributed by atoms with Crippen LogP contribution >= 0.6 is 0 Å². The SMILES string of the molecule is COc1cnc2c(Oc3ccc(NC(=O)c4cn(CC(F)F)c(C)c(-c5ccc(F)cc5C)c4=O)cc3F)ccnc2c1. The Morgan fingerprint density at radius 1 is 1.02 bits per heavy atom. The van der Waals surface area contributed by atoms with Crippen LogP contribution in [0.25, 0.3) is 22.2 Å². The normalized spacial score (nSPS) is 11.2. The van der Waals surface area contributed by atoms with Gasteiger partial charge in [-0.25, -0.2) is 22.5 Å². The third-order valence-electron chi connectivity index (χ3n) is 6.75. The van der Waals surface area contributed by atoms with E-state index in [1.807, 2.05) is 0 Å². The van der Waals surface area contributed by atoms with Gasteiger partial charge in [-0.15, -0.1) is 0 Å². The number of hydrogen-bond donors (Lipinski definition) is 1. The molecule has 2 aromatic carbocycles. The minimum absolute atomic E-state index is 0.0165. The fraction of sp³-hybridized carbons (Fsp3) is 0.161. The Labute approximate surface area is 242 Å². The molecular formula is C31H24F4N4O4. The van der Waals surface area contributed by atoms with Crippen LogP contribution in [0.1, 0.15) is 21.6 Å². The molecule has 43 heavy (non-hydrogen) atoms. The predicted octanol–water partition coefficient (Wildman–Crippen LogP) is 6.67. The van der Waals surface area contributed by atoms with E-state index in [-0.39, 0.29) is 28.4 Å². The van der Waals surface area contributed by atoms with Crippen molar-refractivity contribution in [3.8, 4) is 28.4 Å². The number of anilines is 1. The Morgan fingerprint density at radius 3 is 2.51 bits per heavy atom. The van der Waals surface area contributed by atoms with Crippen LogP contribution < -0.4 is 20.2 Å². The summed E-state index contributed by atoms with van der Waals surface area (Å²) >= 11 is 0. The molecule has 0 unspecified atom stereocenters. The monoisotopic (exact) mass is 592 g/mol. The number of amides is 1. The fourth-order valence-corrected chi connectivity index (χ4v) is 4.64. The molecule has 220 valence electrons. The molecule has 8 nitrogen and oxygen atoms in total. The van der Waals surface area contributed by atoms with Crippen molar-refractivity contribution >= 4 is 22.6 Å². The third kappa shape index (κ3) is 6.03. The van der Waals surface area contributed by atoms with Crippen LogP contribution in [0.15, 0.2) is 71.9 Å². The van der Waals surface area contributed by atoms with Crippen LogP contribution in [0.3, 0.4) is 0 Å². The lowest BCUT2D eigenvalue weighted by atomic mass is 9.97. The first-order chi connectivity index (χ1) is 20.5. The number of nitrogens with one attached hydrogen (secondary N) is 1. The molecule has 0 atom stereocenters. The number of ether oxygens (including phenoxy) is 2. The number of benzene rings is 2. The summed E-state index contributed by atoms with van der Waals surface area (Å²) in [5.41, 5.74) is 0.467. The highest BCUT2D eigenvalue weighted by molar-refractivity contribution is 6.04. The maximum Gasteiger partial charge on any atom is 0.261 e. The molecule has 0 saturated carbocycles. The Balaban J connectivity index is 1.46. The minimum atomic E-state index is -2.78. The van der Waals surface area contributed by atoms with Gasteiger partial charge in [0.2, 0.25) is 5.43 Å². The van der Waals surface area contributed by atoms with Gasteiger partial charge < -0.3 is 19.4 Å². The maximum atomic E-state index is 15.1. The molecule has 0 aliphatic carbocycles. The molecule has 0 aliphatic heterocycles. The molecule has 1 N–H and O–H groups in total. The zero-order valence-corrected chi connectivity index (χ0v) is 23.1. The summed E-state index contributed by atoms with van der Waals surface area (Å²) in [4.78, 5) is 35.2. The Bertz CT molecular complexity index is 1930. The topological polar surface area (TPSA) is 95.3 Å². The van der Waals surface area contributed by atoms with E-state index < -0.39 is 41.5 Å². The molecule has 0 radical (unpaired) electrons. The Kier molecular flexibility index (Phi) is 8.11. The first-order valence-electron chi connectivity index (χ1n) is 12.9. The number of halogens is 4. The first-order valence-corrected chi connectivity index (χ1v) is 12.9. The average Bonchev–Trinajstić information content (AvgIpc) is 2.96. The standard InChI is InChI=1S/C31H24F4N4O4/c1-16-10-18(32)4-6-21(16)28-17(2)39(15-27(34)35)14-22(30(28)40)31(41)38-19-5-7-25(23(33)11-19)43-26-8-9-36-24-12-20(42-3)13-37-29(24)26/h4-14,27H,15H2,1-3H3,(H,38,41). The van der Waals surface area contributed by atoms with Gasteiger partial charge >= 0.3 is 0 Å². The van der Waals surface area contributed by atoms with Crippen molar-refractivity contribution in [2.24, 2.45) is 0 Å². The molecule has 0 aliphatic rings. The summed E-state index contributed by atoms with van der Waals surface area (Å²) in [5.74, 6) is -1.78. The Morgan fingerprint density at radius 2 is 1.81 bits per heavy atom. The van der Waals surface area contributed by atoms with Crippen molar-refractivity contribution in [1.29, 1.82) is 0 Å². The van der Waals surface area contributed by atoms with Gasteiger partial charge in [0.1, 0.15) is 22.6 Å². The van der Waals surface area contributed by atoms with Crippen molar-refractivity contribution in [1.82, 2.24) is 14.5 Å². The zero-order chi connectivity index (χ0) is 30.8. The average molecular weight is 593 g/mol. The summed E-state index contributed by atoms with van der Waals surface area (Å²) in [6, 6.07) is 10.5. The number of alkyl halides is 2. The number of aryl methyl sites for hydroxylation is 1. The molecule has 5 rings (SSSR count). The van der Waals surface area contributed by atoms with Crippen LogP contribution in [-0.4, -0.2) is 34.0 Å². The van der Waals surface area contributed by atoms with Gasteiger partial charge in [0.25, 0.3) is 12.3 Å². The number of carbonyl (C=O) groups is 1. The number of rotatable bonds is 8. The summed E-state index contributed by atoms with van der Waals surface area (Å²) in [7, 11) is 1.49. The van der Waals surface area contributed by atoms with Crippen molar-refractivity contribution in [3.05, 3.63) is 106 Å². The number of methoxy groups -OCH3 is 1. The fourth-order valence-electron chi connectivity index (χ4n) is 4.64. The molecule has 5 aromatic rings. The highest BCUT2D eigenvalue weighted by atomic mass is 19.3. The Hall–Kier alpha value is -5.26. The molecule has 0 bridgehead atoms. The second kappa shape index (κ2) is 11.9. The first kappa shape index (κ1) is 29.2. The minimum Gasteiger partial charge on any atom is -0.495 e. The lowest BCUT2D eigenvalue weighted by molar-refractivity contribution is 0.102. The second-order valence-electron chi connectivity index (χ2n) is 9.59. The number of nitrogens with zero attached hydrogens (tertiary/aromatic N) is 3. The lowest BCUT2D eigenvalue weighted by Gasteiger charge is -2.18. The van der Waals surface area contributed by atoms with Crippen LogP contribution in [0.2, 0.25) is 0 Å². The molecule has 3 aromatic heterocycles. The smallest absolute Gasteiger partial charge is 0.261 e. The highest BCUT2D eigenvalue weighted by Crippen LogP contribution is 2.32. The van der Waals surface area contributed by atoms with Gasteiger partial charge in [-0.1, -0.05) is 6.07 Å². The molecule has 0 fully saturated rings. The van der Waals surface area contributed by atoms with Crippen LogP contribution in [0, 0.1) is 25.5 Å². The van der Waals surface area contributed by atoms with Gasteiger partial charge in [-0.3, -0.25) is 14.6 Å². The molecule has 3 heterocycles. The number of pyridine rings is 3. The molecule has 0 spiro atoms. The van der Waals surface area contributed by atoms with Gasteiger partial charge in [0, 0.05) is 47.5 Å². The van der Waals surface area contributed by atoms with E-state index in [2.05, 4.69) is 15.3 Å². The number of hydrogen-bond acceptors (Lipinski definition) is 6. The van der Waals surface area contributed by atoms with Gasteiger partial charge in [-0.2, -0.15) is 0 Å². The van der Waals surface area contributed by atoms with Crippen LogP contribution in [0.4, 0.5) is 23.2 Å². The van der Waals surface area contributed by atoms with E-state index >= 15 is 4.39 Å². The second-order valence-corrected chi connectivity index (χ2v) is 9.59. The van der Waals surface area contributed by atoms with E-state index in [1.54, 1.807) is 13.0 Å². The zero-order valence-electron chi connectivity index (χ0n) is 23.1. The van der Waals surface area contributed by atoms with E-state index in [1.165, 1.54) is 56.8 Å². The summed E-state index contributed by atoms with van der Waals surface area (Å²) in [5, 5.41) is 2.44. The maximum absolute atomic E-state index is 15.1. The van der Waals surface area contributed by atoms with Gasteiger partial charge in [0.15, 0.2) is 17.3 Å². The third-order valence-corrected chi connectivity index (χ3v) is 6.75. The van der Waals surface area contributed by atoms with Crippen LogP contribution in [0.5, 0.6) is 17.2 Å². The number of aromatic nitrogens is 3. The van der Waals surface area contributed by atoms with Crippen molar-refractivity contribution in [2.45, 2.75) is 26.8 Å². The quantitative estimate of drug-likeness (QED) is 0.202. The van der Waals surface area contributed by atoms with E-state index in [4.69, 9.17) is 9.47 Å². The lowest BCUT2D eigenvalue weighted by Crippen LogP contribution is -2.27. The summed E-state index contributed by atoms with van der Waals surface area (Å²) < 4.78 is 67.6. The number of fused-ring (bicyclic) bond motifs is 1. The van der Waals surface area contributed by atoms with Crippen molar-refractivity contribution < 1.29 is 31.8 Å². The molecular weight excluding hydrogens is 568 g/mol. The molecule has 12 heteroatoms.